The van der Waals surface area contributed by atoms with Crippen LogP contribution in [0.25, 0.3) is 0 Å². The molecule has 0 saturated heterocycles. The molecular weight excluding hydrogens is 164 g/mol. The Kier molecular flexibility index (Phi) is 7.37. The molecule has 0 aliphatic rings. The molecule has 0 aromatic rings. The zero-order valence-corrected chi connectivity index (χ0v) is 9.29. The lowest BCUT2D eigenvalue weighted by atomic mass is 10.2. The Morgan fingerprint density at radius 1 is 1.50 bits per heavy atom. The van der Waals surface area contributed by atoms with Crippen molar-refractivity contribution in [2.45, 2.75) is 38.9 Å². The van der Waals surface area contributed by atoms with Gasteiger partial charge in [0.15, 0.2) is 0 Å². The molecule has 0 saturated carbocycles. The van der Waals surface area contributed by atoms with Gasteiger partial charge in [-0.1, -0.05) is 38.2 Å². The van der Waals surface area contributed by atoms with E-state index in [0.29, 0.717) is 0 Å². The summed E-state index contributed by atoms with van der Waals surface area (Å²) < 4.78 is 0. The molecule has 0 atom stereocenters. The minimum Gasteiger partial charge on any atom is -0.159 e. The van der Waals surface area contributed by atoms with Crippen molar-refractivity contribution < 1.29 is 0 Å². The van der Waals surface area contributed by atoms with Crippen molar-refractivity contribution in [2.75, 3.05) is 5.75 Å². The van der Waals surface area contributed by atoms with Gasteiger partial charge in [0.2, 0.25) is 0 Å². The van der Waals surface area contributed by atoms with Crippen molar-refractivity contribution in [2.24, 2.45) is 0 Å². The van der Waals surface area contributed by atoms with Crippen LogP contribution in [-0.4, -0.2) is 11.0 Å². The second-order valence-corrected chi connectivity index (χ2v) is 4.87. The van der Waals surface area contributed by atoms with Crippen LogP contribution in [0.4, 0.5) is 0 Å². The van der Waals surface area contributed by atoms with Crippen LogP contribution in [0.3, 0.4) is 0 Å². The molecule has 0 aliphatic heterocycles. The Hall–Kier alpha value is -0.170. The van der Waals surface area contributed by atoms with Crippen LogP contribution in [0, 0.1) is 0 Å². The van der Waals surface area contributed by atoms with Crippen LogP contribution < -0.4 is 0 Å². The summed E-state index contributed by atoms with van der Waals surface area (Å²) in [5, 5.41) is 0.764. The van der Waals surface area contributed by atoms with Crippen LogP contribution in [0.15, 0.2) is 24.3 Å². The average Bonchev–Trinajstić information content (AvgIpc) is 1.98. The third kappa shape index (κ3) is 7.93. The van der Waals surface area contributed by atoms with Gasteiger partial charge in [0.25, 0.3) is 0 Å². The molecule has 0 nitrogen and oxygen atoms in total. The second kappa shape index (κ2) is 7.48. The predicted octanol–water partition coefficient (Wildman–Crippen LogP) is 4.04. The molecule has 0 aliphatic carbocycles. The summed E-state index contributed by atoms with van der Waals surface area (Å²) in [4.78, 5) is 0. The fourth-order valence-electron chi connectivity index (χ4n) is 0.937. The average molecular weight is 184 g/mol. The molecule has 0 amide bonds. The molecule has 0 N–H and O–H groups in total. The van der Waals surface area contributed by atoms with Crippen molar-refractivity contribution in [1.82, 2.24) is 0 Å². The van der Waals surface area contributed by atoms with E-state index < -0.39 is 0 Å². The maximum absolute atomic E-state index is 3.97. The Balaban J connectivity index is 3.25. The fraction of sp³-hybridized carbons (Fsp3) is 0.636. The number of thioether (sulfide) groups is 1. The molecule has 1 heteroatoms. The van der Waals surface area contributed by atoms with Gasteiger partial charge in [0.1, 0.15) is 0 Å². The Labute approximate surface area is 81.1 Å². The number of rotatable bonds is 6. The smallest absolute Gasteiger partial charge is 0.000968 e. The fourth-order valence-corrected chi connectivity index (χ4v) is 1.72. The van der Waals surface area contributed by atoms with E-state index in [9.17, 15) is 0 Å². The lowest BCUT2D eigenvalue weighted by Gasteiger charge is -2.03. The van der Waals surface area contributed by atoms with Gasteiger partial charge in [-0.25, -0.2) is 0 Å². The highest BCUT2D eigenvalue weighted by atomic mass is 32.2. The zero-order chi connectivity index (χ0) is 9.40. The van der Waals surface area contributed by atoms with Crippen molar-refractivity contribution >= 4 is 11.8 Å². The van der Waals surface area contributed by atoms with Crippen molar-refractivity contribution in [3.8, 4) is 0 Å². The summed E-state index contributed by atoms with van der Waals surface area (Å²) in [6.07, 6.45) is 6.55. The number of allylic oxidation sites excluding steroid dienone is 3. The Morgan fingerprint density at radius 3 is 2.67 bits per heavy atom. The van der Waals surface area contributed by atoms with E-state index in [-0.39, 0.29) is 0 Å². The molecule has 0 unspecified atom stereocenters. The zero-order valence-electron chi connectivity index (χ0n) is 8.47. The molecule has 0 bridgehead atoms. The normalized spacial score (nSPS) is 11.3. The topological polar surface area (TPSA) is 0 Å². The summed E-state index contributed by atoms with van der Waals surface area (Å²) in [5.74, 6) is 1.26. The van der Waals surface area contributed by atoms with Gasteiger partial charge in [-0.2, -0.15) is 11.8 Å². The molecule has 0 rings (SSSR count). The highest BCUT2D eigenvalue weighted by Crippen LogP contribution is 2.13. The van der Waals surface area contributed by atoms with Crippen molar-refractivity contribution in [3.63, 3.8) is 0 Å². The van der Waals surface area contributed by atoms with Gasteiger partial charge >= 0.3 is 0 Å². The monoisotopic (exact) mass is 184 g/mol. The SMILES string of the molecule is C=C(/C=C\C)CCCSC(C)C. The van der Waals surface area contributed by atoms with Gasteiger partial charge in [-0.15, -0.1) is 0 Å². The van der Waals surface area contributed by atoms with E-state index >= 15 is 0 Å². The standard InChI is InChI=1S/C11H20S/c1-5-7-11(4)8-6-9-12-10(2)3/h5,7,10H,4,6,8-9H2,1-3H3/b7-5-. The van der Waals surface area contributed by atoms with Crippen LogP contribution in [0.5, 0.6) is 0 Å². The maximum atomic E-state index is 3.97. The first-order valence-electron chi connectivity index (χ1n) is 4.59. The summed E-state index contributed by atoms with van der Waals surface area (Å²) in [6.45, 7) is 10.5. The van der Waals surface area contributed by atoms with E-state index in [1.54, 1.807) is 0 Å². The largest absolute Gasteiger partial charge is 0.159 e. The first-order chi connectivity index (χ1) is 5.66. The second-order valence-electron chi connectivity index (χ2n) is 3.18. The third-order valence-electron chi connectivity index (χ3n) is 1.50. The van der Waals surface area contributed by atoms with E-state index in [0.717, 1.165) is 11.7 Å². The highest BCUT2D eigenvalue weighted by Gasteiger charge is 1.94. The first kappa shape index (κ1) is 11.8. The van der Waals surface area contributed by atoms with E-state index in [2.05, 4.69) is 32.6 Å². The van der Waals surface area contributed by atoms with Crippen LogP contribution in [0.1, 0.15) is 33.6 Å². The molecule has 70 valence electrons. The molecule has 0 fully saturated rings. The third-order valence-corrected chi connectivity index (χ3v) is 2.69. The van der Waals surface area contributed by atoms with Crippen molar-refractivity contribution in [3.05, 3.63) is 24.3 Å². The maximum Gasteiger partial charge on any atom is -0.000968 e. The minimum atomic E-state index is 0.764. The number of hydrogen-bond acceptors (Lipinski definition) is 1. The summed E-state index contributed by atoms with van der Waals surface area (Å²) in [5.41, 5.74) is 1.25. The molecule has 0 aromatic heterocycles. The number of hydrogen-bond donors (Lipinski definition) is 0. The molecule has 0 radical (unpaired) electrons. The molecule has 0 spiro atoms. The van der Waals surface area contributed by atoms with E-state index in [1.807, 2.05) is 18.7 Å². The van der Waals surface area contributed by atoms with Gasteiger partial charge < -0.3 is 0 Å². The molecule has 0 aromatic carbocycles. The molecule has 0 heterocycles. The summed E-state index contributed by atoms with van der Waals surface area (Å²) >= 11 is 2.03. The van der Waals surface area contributed by atoms with Crippen molar-refractivity contribution in [1.29, 1.82) is 0 Å². The van der Waals surface area contributed by atoms with Crippen LogP contribution in [-0.2, 0) is 0 Å². The quantitative estimate of drug-likeness (QED) is 0.443. The first-order valence-corrected chi connectivity index (χ1v) is 5.63. The summed E-state index contributed by atoms with van der Waals surface area (Å²) in [7, 11) is 0. The lowest BCUT2D eigenvalue weighted by Crippen LogP contribution is -1.90. The van der Waals surface area contributed by atoms with E-state index in [1.165, 1.54) is 17.7 Å². The molecule has 12 heavy (non-hydrogen) atoms. The Bertz CT molecular complexity index is 145. The van der Waals surface area contributed by atoms with Gasteiger partial charge in [0, 0.05) is 0 Å². The minimum absolute atomic E-state index is 0.764. The predicted molar refractivity (Wildman–Crippen MR) is 60.8 cm³/mol. The van der Waals surface area contributed by atoms with Gasteiger partial charge in [-0.3, -0.25) is 0 Å². The van der Waals surface area contributed by atoms with Crippen LogP contribution >= 0.6 is 11.8 Å². The van der Waals surface area contributed by atoms with Gasteiger partial charge in [-0.05, 0) is 30.8 Å². The van der Waals surface area contributed by atoms with E-state index in [4.69, 9.17) is 0 Å². The summed E-state index contributed by atoms with van der Waals surface area (Å²) in [6, 6.07) is 0. The van der Waals surface area contributed by atoms with Gasteiger partial charge in [0.05, 0.1) is 0 Å². The Morgan fingerprint density at radius 2 is 2.17 bits per heavy atom. The molecular formula is C11H20S. The highest BCUT2D eigenvalue weighted by molar-refractivity contribution is 7.99. The van der Waals surface area contributed by atoms with Crippen LogP contribution in [0.2, 0.25) is 0 Å². The lowest BCUT2D eigenvalue weighted by molar-refractivity contribution is 0.935.